The summed E-state index contributed by atoms with van der Waals surface area (Å²) < 4.78 is 7.24. The second-order valence-electron chi connectivity index (χ2n) is 13.1. The van der Waals surface area contributed by atoms with E-state index in [2.05, 4.69) is 122 Å². The van der Waals surface area contributed by atoms with E-state index in [9.17, 15) is 9.59 Å². The molecule has 3 N–H and O–H groups in total. The number of hydrogen-bond acceptors (Lipinski definition) is 5. The fourth-order valence-electron chi connectivity index (χ4n) is 6.59. The van der Waals surface area contributed by atoms with Crippen LogP contribution in [0.4, 0.5) is 4.79 Å². The first-order chi connectivity index (χ1) is 21.8. The largest absolute Gasteiger partial charge is 0.405 e. The highest BCUT2D eigenvalue weighted by Crippen LogP contribution is 2.37. The molecule has 0 saturated carbocycles. The Labute approximate surface area is 278 Å². The standard InChI is InChI=1S/C36H47N3O3S2Si/c1-36(2,3)45(29-17-9-5-10-18-29,30-19-11-6-12-20-30)42-23-28(25-43-24-27-15-7-4-8-16-27)37-33(40)22-14-13-21-32-34-31(26-44-32)38-35(41)39-34/h4-12,15-20,28,31-32,34H,13-14,21-26H2,1-3H3,(H,37,40)(H2,38,39,41)/t28?,31-,32-,34-/m0/s1. The van der Waals surface area contributed by atoms with Crippen molar-refractivity contribution in [3.63, 3.8) is 0 Å². The maximum atomic E-state index is 13.3. The number of fused-ring (bicyclic) bond motifs is 1. The minimum Gasteiger partial charge on any atom is -0.405 e. The zero-order chi connectivity index (χ0) is 31.7. The lowest BCUT2D eigenvalue weighted by Crippen LogP contribution is -2.67. The number of benzene rings is 3. The molecule has 3 aromatic carbocycles. The molecule has 0 aromatic heterocycles. The summed E-state index contributed by atoms with van der Waals surface area (Å²) in [4.78, 5) is 25.1. The average molecular weight is 662 g/mol. The predicted molar refractivity (Wildman–Crippen MR) is 192 cm³/mol. The Morgan fingerprint density at radius 2 is 1.58 bits per heavy atom. The Morgan fingerprint density at radius 3 is 2.20 bits per heavy atom. The molecule has 5 rings (SSSR count). The molecule has 0 aliphatic carbocycles. The second kappa shape index (κ2) is 15.7. The van der Waals surface area contributed by atoms with Crippen LogP contribution in [0.5, 0.6) is 0 Å². The quantitative estimate of drug-likeness (QED) is 0.111. The molecule has 2 aliphatic rings. The number of rotatable bonds is 15. The summed E-state index contributed by atoms with van der Waals surface area (Å²) in [7, 11) is -2.73. The third kappa shape index (κ3) is 8.55. The molecular weight excluding hydrogens is 615 g/mol. The highest BCUT2D eigenvalue weighted by Gasteiger charge is 2.50. The lowest BCUT2D eigenvalue weighted by Gasteiger charge is -2.43. The van der Waals surface area contributed by atoms with Crippen LogP contribution in [-0.2, 0) is 15.0 Å². The lowest BCUT2D eigenvalue weighted by molar-refractivity contribution is -0.122. The molecule has 4 atom stereocenters. The lowest BCUT2D eigenvalue weighted by atomic mass is 10.0. The summed E-state index contributed by atoms with van der Waals surface area (Å²) >= 11 is 3.76. The predicted octanol–water partition coefficient (Wildman–Crippen LogP) is 5.71. The third-order valence-electron chi connectivity index (χ3n) is 8.79. The fraction of sp³-hybridized carbons (Fsp3) is 0.444. The molecule has 0 bridgehead atoms. The van der Waals surface area contributed by atoms with E-state index in [4.69, 9.17) is 4.43 Å². The minimum absolute atomic E-state index is 0.0499. The summed E-state index contributed by atoms with van der Waals surface area (Å²) in [6, 6.07) is 32.1. The topological polar surface area (TPSA) is 79.5 Å². The number of thioether (sulfide) groups is 2. The molecule has 2 heterocycles. The van der Waals surface area contributed by atoms with Crippen molar-refractivity contribution >= 4 is 54.2 Å². The smallest absolute Gasteiger partial charge is 0.315 e. The van der Waals surface area contributed by atoms with E-state index in [1.807, 2.05) is 29.6 Å². The molecule has 45 heavy (non-hydrogen) atoms. The highest BCUT2D eigenvalue weighted by atomic mass is 32.2. The molecular formula is C36H47N3O3S2Si. The van der Waals surface area contributed by atoms with Gasteiger partial charge in [-0.05, 0) is 33.8 Å². The Morgan fingerprint density at radius 1 is 0.956 bits per heavy atom. The molecule has 6 nitrogen and oxygen atoms in total. The molecule has 0 radical (unpaired) electrons. The van der Waals surface area contributed by atoms with Crippen molar-refractivity contribution in [1.29, 1.82) is 0 Å². The molecule has 1 unspecified atom stereocenters. The summed E-state index contributed by atoms with van der Waals surface area (Å²) in [5, 5.41) is 12.2. The van der Waals surface area contributed by atoms with Gasteiger partial charge in [-0.3, -0.25) is 4.79 Å². The number of nitrogens with one attached hydrogen (secondary N) is 3. The van der Waals surface area contributed by atoms with E-state index >= 15 is 0 Å². The zero-order valence-electron chi connectivity index (χ0n) is 26.7. The van der Waals surface area contributed by atoms with Crippen molar-refractivity contribution in [3.8, 4) is 0 Å². The van der Waals surface area contributed by atoms with Crippen LogP contribution in [-0.4, -0.2) is 61.7 Å². The van der Waals surface area contributed by atoms with Crippen LogP contribution in [0.1, 0.15) is 52.0 Å². The molecule has 0 spiro atoms. The zero-order valence-corrected chi connectivity index (χ0v) is 29.3. The number of hydrogen-bond donors (Lipinski definition) is 3. The summed E-state index contributed by atoms with van der Waals surface area (Å²) in [5.41, 5.74) is 1.28. The van der Waals surface area contributed by atoms with Gasteiger partial charge in [0.25, 0.3) is 8.32 Å². The number of unbranched alkanes of at least 4 members (excludes halogenated alkanes) is 1. The molecule has 2 aliphatic heterocycles. The van der Waals surface area contributed by atoms with Gasteiger partial charge in [0.2, 0.25) is 5.91 Å². The molecule has 9 heteroatoms. The monoisotopic (exact) mass is 661 g/mol. The molecule has 240 valence electrons. The minimum atomic E-state index is -2.73. The number of urea groups is 1. The van der Waals surface area contributed by atoms with Crippen molar-refractivity contribution in [2.24, 2.45) is 0 Å². The molecule has 3 amide bonds. The first-order valence-electron chi connectivity index (χ1n) is 16.1. The first-order valence-corrected chi connectivity index (χ1v) is 20.2. The van der Waals surface area contributed by atoms with Gasteiger partial charge in [-0.25, -0.2) is 4.79 Å². The maximum Gasteiger partial charge on any atom is 0.315 e. The van der Waals surface area contributed by atoms with Crippen molar-refractivity contribution in [2.45, 2.75) is 80.6 Å². The van der Waals surface area contributed by atoms with Crippen LogP contribution < -0.4 is 26.3 Å². The van der Waals surface area contributed by atoms with Gasteiger partial charge in [0.1, 0.15) is 0 Å². The van der Waals surface area contributed by atoms with Crippen LogP contribution in [0.2, 0.25) is 5.04 Å². The van der Waals surface area contributed by atoms with Gasteiger partial charge in [0.15, 0.2) is 0 Å². The van der Waals surface area contributed by atoms with Gasteiger partial charge in [-0.1, -0.05) is 118 Å². The molecule has 2 fully saturated rings. The van der Waals surface area contributed by atoms with E-state index < -0.39 is 8.32 Å². The van der Waals surface area contributed by atoms with E-state index in [0.717, 1.165) is 36.5 Å². The molecule has 2 saturated heterocycles. The van der Waals surface area contributed by atoms with Gasteiger partial charge in [-0.2, -0.15) is 23.5 Å². The Bertz CT molecular complexity index is 1340. The van der Waals surface area contributed by atoms with E-state index in [1.54, 1.807) is 0 Å². The Balaban J connectivity index is 1.25. The van der Waals surface area contributed by atoms with Crippen molar-refractivity contribution in [3.05, 3.63) is 96.6 Å². The Hall–Kier alpha value is -2.72. The van der Waals surface area contributed by atoms with Crippen molar-refractivity contribution < 1.29 is 14.0 Å². The number of carbonyl (C=O) groups is 2. The average Bonchev–Trinajstić information content (AvgIpc) is 3.59. The van der Waals surface area contributed by atoms with Crippen LogP contribution in [0.25, 0.3) is 0 Å². The van der Waals surface area contributed by atoms with Gasteiger partial charge in [-0.15, -0.1) is 0 Å². The fourth-order valence-corrected chi connectivity index (χ4v) is 13.7. The second-order valence-corrected chi connectivity index (χ2v) is 19.7. The summed E-state index contributed by atoms with van der Waals surface area (Å²) in [6.45, 7) is 7.31. The van der Waals surface area contributed by atoms with Gasteiger partial charge < -0.3 is 20.4 Å². The highest BCUT2D eigenvalue weighted by molar-refractivity contribution is 8.00. The van der Waals surface area contributed by atoms with Gasteiger partial charge in [0.05, 0.1) is 24.7 Å². The van der Waals surface area contributed by atoms with E-state index in [1.165, 1.54) is 15.9 Å². The van der Waals surface area contributed by atoms with Crippen LogP contribution in [0.3, 0.4) is 0 Å². The van der Waals surface area contributed by atoms with Crippen molar-refractivity contribution in [1.82, 2.24) is 16.0 Å². The summed E-state index contributed by atoms with van der Waals surface area (Å²) in [6.07, 6.45) is 3.31. The van der Waals surface area contributed by atoms with Crippen LogP contribution in [0, 0.1) is 0 Å². The first kappa shape index (κ1) is 33.6. The maximum absolute atomic E-state index is 13.3. The van der Waals surface area contributed by atoms with Crippen molar-refractivity contribution in [2.75, 3.05) is 18.1 Å². The normalized spacial score (nSPS) is 20.2. The summed E-state index contributed by atoms with van der Waals surface area (Å²) in [5.74, 6) is 2.70. The van der Waals surface area contributed by atoms with Gasteiger partial charge >= 0.3 is 6.03 Å². The number of carbonyl (C=O) groups excluding carboxylic acids is 2. The van der Waals surface area contributed by atoms with Crippen LogP contribution in [0.15, 0.2) is 91.0 Å². The third-order valence-corrected chi connectivity index (χ3v) is 16.5. The molecule has 3 aromatic rings. The van der Waals surface area contributed by atoms with E-state index in [0.29, 0.717) is 18.3 Å². The SMILES string of the molecule is CC(C)(C)[Si](OCC(CSCc1ccccc1)NC(=O)CCCC[C@@H]1SC[C@@H]2NC(=O)N[C@@H]21)(c1ccccc1)c1ccccc1. The van der Waals surface area contributed by atoms with Crippen LogP contribution >= 0.6 is 23.5 Å². The van der Waals surface area contributed by atoms with Gasteiger partial charge in [0, 0.05) is 28.9 Å². The number of amides is 3. The van der Waals surface area contributed by atoms with E-state index in [-0.39, 0.29) is 35.1 Å². The Kier molecular flexibility index (Phi) is 11.7.